The molecule has 3 aromatic carbocycles. The molecule has 0 unspecified atom stereocenters. The smallest absolute Gasteiger partial charge is 0.416 e. The first kappa shape index (κ1) is 31.0. The summed E-state index contributed by atoms with van der Waals surface area (Å²) in [6.07, 6.45) is -8.39. The summed E-state index contributed by atoms with van der Waals surface area (Å²) in [5.74, 6) is -1.75. The van der Waals surface area contributed by atoms with Crippen LogP contribution in [-0.2, 0) is 17.1 Å². The first-order valence-electron chi connectivity index (χ1n) is 11.2. The second-order valence-electron chi connectivity index (χ2n) is 8.00. The van der Waals surface area contributed by atoms with E-state index in [-0.39, 0.29) is 33.8 Å². The molecule has 214 valence electrons. The van der Waals surface area contributed by atoms with E-state index in [1.165, 1.54) is 18.2 Å². The highest BCUT2D eigenvalue weighted by Crippen LogP contribution is 2.44. The molecule has 1 N–H and O–H groups in total. The highest BCUT2D eigenvalue weighted by Gasteiger charge is 2.34. The van der Waals surface area contributed by atoms with Gasteiger partial charge in [0.05, 0.1) is 27.1 Å². The summed E-state index contributed by atoms with van der Waals surface area (Å²) in [5.41, 5.74) is -3.75. The van der Waals surface area contributed by atoms with Gasteiger partial charge in [-0.25, -0.2) is 0 Å². The zero-order valence-corrected chi connectivity index (χ0v) is 22.1. The number of alkyl halides is 6. The molecule has 0 aromatic heterocycles. The van der Waals surface area contributed by atoms with Gasteiger partial charge >= 0.3 is 18.0 Å². The van der Waals surface area contributed by atoms with Crippen LogP contribution in [0.5, 0.6) is 17.2 Å². The van der Waals surface area contributed by atoms with Crippen LogP contribution in [0.3, 0.4) is 0 Å². The van der Waals surface area contributed by atoms with E-state index in [9.17, 15) is 46.5 Å². The number of benzene rings is 3. The number of nitro benzene ring substituents is 1. The van der Waals surface area contributed by atoms with E-state index in [0.29, 0.717) is 18.2 Å². The van der Waals surface area contributed by atoms with E-state index in [0.717, 1.165) is 24.3 Å². The Labute approximate surface area is 236 Å². The third kappa shape index (κ3) is 7.76. The van der Waals surface area contributed by atoms with Gasteiger partial charge in [-0.05, 0) is 77.0 Å². The Bertz CT molecular complexity index is 1560. The first-order valence-corrected chi connectivity index (χ1v) is 12.0. The van der Waals surface area contributed by atoms with Crippen molar-refractivity contribution in [2.24, 2.45) is 0 Å². The predicted molar refractivity (Wildman–Crippen MR) is 137 cm³/mol. The molecule has 3 rings (SSSR count). The molecular weight excluding hydrogens is 628 g/mol. The van der Waals surface area contributed by atoms with Crippen LogP contribution in [0, 0.1) is 21.4 Å². The van der Waals surface area contributed by atoms with Crippen molar-refractivity contribution in [3.05, 3.63) is 91.4 Å². The lowest BCUT2D eigenvalue weighted by atomic mass is 10.1. The first-order chi connectivity index (χ1) is 19.1. The minimum atomic E-state index is -4.83. The minimum absolute atomic E-state index is 0.0478. The number of hydrogen-bond donors (Lipinski definition) is 1. The Morgan fingerprint density at radius 2 is 1.71 bits per heavy atom. The number of nitrogens with one attached hydrogen (secondary N) is 1. The number of ether oxygens (including phenoxy) is 2. The molecule has 0 spiro atoms. The average Bonchev–Trinajstić information content (AvgIpc) is 2.88. The molecule has 0 aliphatic carbocycles. The lowest BCUT2D eigenvalue weighted by Crippen LogP contribution is -2.14. The summed E-state index contributed by atoms with van der Waals surface area (Å²) in [5, 5.41) is 23.2. The van der Waals surface area contributed by atoms with Crippen LogP contribution in [-0.4, -0.2) is 17.4 Å². The van der Waals surface area contributed by atoms with Crippen LogP contribution in [0.2, 0.25) is 0 Å². The summed E-state index contributed by atoms with van der Waals surface area (Å²) in [7, 11) is 0. The van der Waals surface area contributed by atoms with Crippen LogP contribution in [0.1, 0.15) is 23.6 Å². The van der Waals surface area contributed by atoms with E-state index >= 15 is 0 Å². The maximum absolute atomic E-state index is 13.0. The van der Waals surface area contributed by atoms with Gasteiger partial charge in [0.2, 0.25) is 5.75 Å². The standard InChI is InChI=1S/C26H16BrF6N3O5/c1-2-40-22-10-14(8-15(13-34)24(37)35-18-5-3-4-16(11-18)25(28,29)30)9-19(27)23(22)41-21-7-6-17(26(31,32)33)12-20(21)36(38)39/h3-12H,2H2,1H3,(H,35,37)/b15-8+. The quantitative estimate of drug-likeness (QED) is 0.0871. The molecule has 0 aliphatic rings. The zero-order chi connectivity index (χ0) is 30.5. The Kier molecular flexibility index (Phi) is 9.28. The molecule has 0 fully saturated rings. The normalized spacial score (nSPS) is 11.9. The van der Waals surface area contributed by atoms with Crippen molar-refractivity contribution in [1.29, 1.82) is 5.26 Å². The number of nitrogens with zero attached hydrogens (tertiary/aromatic N) is 2. The number of halogens is 7. The molecule has 1 amide bonds. The lowest BCUT2D eigenvalue weighted by Gasteiger charge is -2.15. The van der Waals surface area contributed by atoms with Crippen molar-refractivity contribution in [1.82, 2.24) is 0 Å². The van der Waals surface area contributed by atoms with Gasteiger partial charge in [0, 0.05) is 11.8 Å². The van der Waals surface area contributed by atoms with Gasteiger partial charge < -0.3 is 14.8 Å². The number of amides is 1. The van der Waals surface area contributed by atoms with Crippen LogP contribution < -0.4 is 14.8 Å². The Morgan fingerprint density at radius 1 is 1.05 bits per heavy atom. The molecule has 15 heteroatoms. The van der Waals surface area contributed by atoms with Gasteiger partial charge in [0.15, 0.2) is 11.5 Å². The Balaban J connectivity index is 1.97. The molecule has 0 saturated heterocycles. The summed E-state index contributed by atoms with van der Waals surface area (Å²) in [6.45, 7) is 1.64. The van der Waals surface area contributed by atoms with Gasteiger partial charge in [-0.1, -0.05) is 6.07 Å². The summed E-state index contributed by atoms with van der Waals surface area (Å²) in [4.78, 5) is 23.0. The average molecular weight is 644 g/mol. The molecule has 41 heavy (non-hydrogen) atoms. The molecule has 0 saturated carbocycles. The second-order valence-corrected chi connectivity index (χ2v) is 8.86. The predicted octanol–water partition coefficient (Wildman–Crippen LogP) is 8.13. The molecule has 0 aliphatic heterocycles. The number of rotatable bonds is 8. The highest BCUT2D eigenvalue weighted by atomic mass is 79.9. The second kappa shape index (κ2) is 12.3. The Hall–Kier alpha value is -4.58. The van der Waals surface area contributed by atoms with Crippen molar-refractivity contribution >= 4 is 39.3 Å². The number of nitriles is 1. The monoisotopic (exact) mass is 643 g/mol. The Morgan fingerprint density at radius 3 is 2.29 bits per heavy atom. The lowest BCUT2D eigenvalue weighted by molar-refractivity contribution is -0.385. The topological polar surface area (TPSA) is 114 Å². The van der Waals surface area contributed by atoms with Crippen LogP contribution in [0.15, 0.2) is 64.6 Å². The number of hydrogen-bond acceptors (Lipinski definition) is 6. The van der Waals surface area contributed by atoms with Crippen molar-refractivity contribution in [2.75, 3.05) is 11.9 Å². The third-order valence-corrected chi connectivity index (χ3v) is 5.74. The summed E-state index contributed by atoms with van der Waals surface area (Å²) >= 11 is 3.19. The fraction of sp³-hybridized carbons (Fsp3) is 0.154. The molecule has 8 nitrogen and oxygen atoms in total. The van der Waals surface area contributed by atoms with Crippen LogP contribution in [0.4, 0.5) is 37.7 Å². The van der Waals surface area contributed by atoms with E-state index in [4.69, 9.17) is 9.47 Å². The number of carbonyl (C=O) groups is 1. The molecular formula is C26H16BrF6N3O5. The highest BCUT2D eigenvalue weighted by molar-refractivity contribution is 9.10. The largest absolute Gasteiger partial charge is 0.490 e. The summed E-state index contributed by atoms with van der Waals surface area (Å²) in [6, 6.07) is 9.77. The SMILES string of the molecule is CCOc1cc(/C=C(\C#N)C(=O)Nc2cccc(C(F)(F)F)c2)cc(Br)c1Oc1ccc(C(F)(F)F)cc1[N+](=O)[O-]. The molecule has 0 radical (unpaired) electrons. The number of anilines is 1. The fourth-order valence-corrected chi connectivity index (χ4v) is 3.89. The minimum Gasteiger partial charge on any atom is -0.490 e. The number of nitro groups is 1. The van der Waals surface area contributed by atoms with Gasteiger partial charge in [-0.2, -0.15) is 31.6 Å². The van der Waals surface area contributed by atoms with E-state index < -0.39 is 51.3 Å². The van der Waals surface area contributed by atoms with Crippen molar-refractivity contribution in [3.63, 3.8) is 0 Å². The van der Waals surface area contributed by atoms with E-state index in [1.54, 1.807) is 13.0 Å². The van der Waals surface area contributed by atoms with Crippen molar-refractivity contribution in [3.8, 4) is 23.3 Å². The number of carbonyl (C=O) groups excluding carboxylic acids is 1. The van der Waals surface area contributed by atoms with E-state index in [1.807, 2.05) is 0 Å². The van der Waals surface area contributed by atoms with Gasteiger partial charge in [-0.3, -0.25) is 14.9 Å². The zero-order valence-electron chi connectivity index (χ0n) is 20.6. The van der Waals surface area contributed by atoms with Gasteiger partial charge in [0.25, 0.3) is 5.91 Å². The summed E-state index contributed by atoms with van der Waals surface area (Å²) < 4.78 is 89.2. The third-order valence-electron chi connectivity index (χ3n) is 5.15. The molecule has 0 atom stereocenters. The maximum Gasteiger partial charge on any atom is 0.416 e. The van der Waals surface area contributed by atoms with Gasteiger partial charge in [0.1, 0.15) is 11.6 Å². The van der Waals surface area contributed by atoms with Gasteiger partial charge in [-0.15, -0.1) is 0 Å². The molecule has 0 heterocycles. The molecule has 0 bridgehead atoms. The van der Waals surface area contributed by atoms with Crippen molar-refractivity contribution in [2.45, 2.75) is 19.3 Å². The molecule has 3 aromatic rings. The van der Waals surface area contributed by atoms with Crippen molar-refractivity contribution < 1.29 is 45.5 Å². The van der Waals surface area contributed by atoms with E-state index in [2.05, 4.69) is 21.2 Å². The van der Waals surface area contributed by atoms with Crippen LogP contribution in [0.25, 0.3) is 6.08 Å². The van der Waals surface area contributed by atoms with Crippen LogP contribution >= 0.6 is 15.9 Å². The fourth-order valence-electron chi connectivity index (χ4n) is 3.35. The maximum atomic E-state index is 13.0.